The minimum atomic E-state index is 0.320. The maximum atomic E-state index is 4.27. The first-order chi connectivity index (χ1) is 8.31. The van der Waals surface area contributed by atoms with E-state index < -0.39 is 0 Å². The van der Waals surface area contributed by atoms with Crippen LogP contribution in [0.4, 0.5) is 0 Å². The zero-order valence-electron chi connectivity index (χ0n) is 10.4. The van der Waals surface area contributed by atoms with Crippen molar-refractivity contribution in [3.63, 3.8) is 0 Å². The van der Waals surface area contributed by atoms with E-state index >= 15 is 0 Å². The maximum Gasteiger partial charge on any atom is 0.0604 e. The summed E-state index contributed by atoms with van der Waals surface area (Å²) in [6.07, 6.45) is 3.82. The maximum absolute atomic E-state index is 4.27. The zero-order chi connectivity index (χ0) is 12.1. The summed E-state index contributed by atoms with van der Waals surface area (Å²) in [5.74, 6) is 0. The fourth-order valence-electron chi connectivity index (χ4n) is 2.09. The smallest absolute Gasteiger partial charge is 0.0604 e. The predicted octanol–water partition coefficient (Wildman–Crippen LogP) is 2.54. The molecule has 0 radical (unpaired) electrons. The van der Waals surface area contributed by atoms with Gasteiger partial charge in [0.25, 0.3) is 0 Å². The van der Waals surface area contributed by atoms with E-state index in [1.807, 2.05) is 23.1 Å². The van der Waals surface area contributed by atoms with Gasteiger partial charge in [0.05, 0.1) is 12.6 Å². The second-order valence-electron chi connectivity index (χ2n) is 4.19. The lowest BCUT2D eigenvalue weighted by atomic mass is 10.0. The number of aryl methyl sites for hydroxylation is 1. The number of hydrogen-bond acceptors (Lipinski definition) is 2. The minimum Gasteiger partial charge on any atom is -0.309 e. The number of aromatic nitrogens is 2. The average Bonchev–Trinajstić information content (AvgIpc) is 2.82. The summed E-state index contributed by atoms with van der Waals surface area (Å²) in [5.41, 5.74) is 2.68. The molecule has 0 aliphatic heterocycles. The van der Waals surface area contributed by atoms with Crippen LogP contribution in [0.3, 0.4) is 0 Å². The Hall–Kier alpha value is -1.61. The second kappa shape index (κ2) is 5.64. The summed E-state index contributed by atoms with van der Waals surface area (Å²) in [7, 11) is 0. The third-order valence-corrected chi connectivity index (χ3v) is 2.94. The van der Waals surface area contributed by atoms with Gasteiger partial charge in [-0.05, 0) is 30.7 Å². The lowest BCUT2D eigenvalue weighted by Crippen LogP contribution is -2.26. The van der Waals surface area contributed by atoms with Crippen molar-refractivity contribution in [3.8, 4) is 0 Å². The van der Waals surface area contributed by atoms with Crippen LogP contribution in [0.15, 0.2) is 42.7 Å². The molecule has 1 aromatic heterocycles. The van der Waals surface area contributed by atoms with Crippen molar-refractivity contribution in [1.82, 2.24) is 15.1 Å². The van der Waals surface area contributed by atoms with E-state index in [4.69, 9.17) is 0 Å². The van der Waals surface area contributed by atoms with Crippen molar-refractivity contribution in [2.24, 2.45) is 0 Å². The van der Waals surface area contributed by atoms with Crippen LogP contribution in [0, 0.1) is 6.92 Å². The summed E-state index contributed by atoms with van der Waals surface area (Å²) >= 11 is 0. The van der Waals surface area contributed by atoms with Gasteiger partial charge in [-0.1, -0.05) is 31.2 Å². The van der Waals surface area contributed by atoms with E-state index in [1.165, 1.54) is 11.1 Å². The van der Waals surface area contributed by atoms with Gasteiger partial charge in [-0.25, -0.2) is 0 Å². The molecule has 0 amide bonds. The highest BCUT2D eigenvalue weighted by atomic mass is 15.3. The summed E-state index contributed by atoms with van der Waals surface area (Å²) < 4.78 is 1.97. The first-order valence-corrected chi connectivity index (χ1v) is 6.07. The topological polar surface area (TPSA) is 29.9 Å². The van der Waals surface area contributed by atoms with Gasteiger partial charge >= 0.3 is 0 Å². The SMILES string of the molecule is CCNC(Cn1cccn1)c1ccccc1C. The Morgan fingerprint density at radius 1 is 1.29 bits per heavy atom. The molecule has 0 saturated heterocycles. The van der Waals surface area contributed by atoms with Crippen molar-refractivity contribution < 1.29 is 0 Å². The molecule has 1 N–H and O–H groups in total. The highest BCUT2D eigenvalue weighted by Crippen LogP contribution is 2.18. The van der Waals surface area contributed by atoms with Crippen LogP contribution in [0.2, 0.25) is 0 Å². The molecule has 0 aliphatic carbocycles. The minimum absolute atomic E-state index is 0.320. The molecule has 1 atom stereocenters. The van der Waals surface area contributed by atoms with E-state index in [0.717, 1.165) is 13.1 Å². The van der Waals surface area contributed by atoms with E-state index in [2.05, 4.69) is 48.5 Å². The van der Waals surface area contributed by atoms with Crippen LogP contribution in [0.25, 0.3) is 0 Å². The van der Waals surface area contributed by atoms with Crippen LogP contribution in [-0.2, 0) is 6.54 Å². The molecule has 3 heteroatoms. The molecule has 2 rings (SSSR count). The molecule has 3 nitrogen and oxygen atoms in total. The third kappa shape index (κ3) is 2.94. The van der Waals surface area contributed by atoms with Gasteiger partial charge in [0.1, 0.15) is 0 Å². The number of hydrogen-bond donors (Lipinski definition) is 1. The molecule has 0 saturated carbocycles. The summed E-state index contributed by atoms with van der Waals surface area (Å²) in [5, 5.41) is 7.79. The molecule has 2 aromatic rings. The van der Waals surface area contributed by atoms with Gasteiger partial charge in [-0.2, -0.15) is 5.10 Å². The predicted molar refractivity (Wildman–Crippen MR) is 69.8 cm³/mol. The van der Waals surface area contributed by atoms with Gasteiger partial charge in [-0.3, -0.25) is 4.68 Å². The Balaban J connectivity index is 2.20. The van der Waals surface area contributed by atoms with Crippen LogP contribution < -0.4 is 5.32 Å². The van der Waals surface area contributed by atoms with Crippen LogP contribution in [-0.4, -0.2) is 16.3 Å². The third-order valence-electron chi connectivity index (χ3n) is 2.94. The van der Waals surface area contributed by atoms with E-state index in [-0.39, 0.29) is 0 Å². The van der Waals surface area contributed by atoms with Gasteiger partial charge in [0.2, 0.25) is 0 Å². The fraction of sp³-hybridized carbons (Fsp3) is 0.357. The molecule has 0 bridgehead atoms. The number of nitrogens with one attached hydrogen (secondary N) is 1. The Labute approximate surface area is 102 Å². The van der Waals surface area contributed by atoms with E-state index in [0.29, 0.717) is 6.04 Å². The van der Waals surface area contributed by atoms with E-state index in [9.17, 15) is 0 Å². The molecule has 17 heavy (non-hydrogen) atoms. The lowest BCUT2D eigenvalue weighted by Gasteiger charge is -2.20. The number of nitrogens with zero attached hydrogens (tertiary/aromatic N) is 2. The highest BCUT2D eigenvalue weighted by Gasteiger charge is 2.12. The van der Waals surface area contributed by atoms with Crippen molar-refractivity contribution in [3.05, 3.63) is 53.9 Å². The largest absolute Gasteiger partial charge is 0.309 e. The van der Waals surface area contributed by atoms with E-state index in [1.54, 1.807) is 0 Å². The fourth-order valence-corrected chi connectivity index (χ4v) is 2.09. The summed E-state index contributed by atoms with van der Waals surface area (Å²) in [6.45, 7) is 6.11. The number of likely N-dealkylation sites (N-methyl/N-ethyl adjacent to an activating group) is 1. The monoisotopic (exact) mass is 229 g/mol. The molecule has 0 aliphatic rings. The van der Waals surface area contributed by atoms with Gasteiger partial charge < -0.3 is 5.32 Å². The van der Waals surface area contributed by atoms with Crippen molar-refractivity contribution >= 4 is 0 Å². The average molecular weight is 229 g/mol. The first kappa shape index (κ1) is 11.9. The molecule has 0 spiro atoms. The van der Waals surface area contributed by atoms with Gasteiger partial charge in [-0.15, -0.1) is 0 Å². The second-order valence-corrected chi connectivity index (χ2v) is 4.19. The Kier molecular flexibility index (Phi) is 3.94. The lowest BCUT2D eigenvalue weighted by molar-refractivity contribution is 0.446. The van der Waals surface area contributed by atoms with Crippen molar-refractivity contribution in [2.75, 3.05) is 6.54 Å². The van der Waals surface area contributed by atoms with Crippen LogP contribution >= 0.6 is 0 Å². The standard InChI is InChI=1S/C14H19N3/c1-3-15-14(11-17-10-6-9-16-17)13-8-5-4-7-12(13)2/h4-10,14-15H,3,11H2,1-2H3. The van der Waals surface area contributed by atoms with Gasteiger partial charge in [0, 0.05) is 12.4 Å². The van der Waals surface area contributed by atoms with Crippen molar-refractivity contribution in [1.29, 1.82) is 0 Å². The molecule has 0 fully saturated rings. The quantitative estimate of drug-likeness (QED) is 0.854. The Morgan fingerprint density at radius 3 is 2.76 bits per heavy atom. The molecule has 1 aromatic carbocycles. The van der Waals surface area contributed by atoms with Crippen molar-refractivity contribution in [2.45, 2.75) is 26.4 Å². The molecule has 1 heterocycles. The normalized spacial score (nSPS) is 12.6. The summed E-state index contributed by atoms with van der Waals surface area (Å²) in [6, 6.07) is 10.8. The molecule has 90 valence electrons. The Morgan fingerprint density at radius 2 is 2.12 bits per heavy atom. The van der Waals surface area contributed by atoms with Crippen LogP contribution in [0.5, 0.6) is 0 Å². The molecule has 1 unspecified atom stereocenters. The van der Waals surface area contributed by atoms with Gasteiger partial charge in [0.15, 0.2) is 0 Å². The highest BCUT2D eigenvalue weighted by molar-refractivity contribution is 5.28. The Bertz CT molecular complexity index is 448. The number of benzene rings is 1. The molecular weight excluding hydrogens is 210 g/mol. The zero-order valence-corrected chi connectivity index (χ0v) is 10.4. The summed E-state index contributed by atoms with van der Waals surface area (Å²) in [4.78, 5) is 0. The number of rotatable bonds is 5. The first-order valence-electron chi connectivity index (χ1n) is 6.07. The van der Waals surface area contributed by atoms with Crippen LogP contribution in [0.1, 0.15) is 24.1 Å². The molecular formula is C14H19N3.